The van der Waals surface area contributed by atoms with Gasteiger partial charge in [-0.2, -0.15) is 4.31 Å². The first-order valence-electron chi connectivity index (χ1n) is 9.42. The molecule has 5 rings (SSSR count). The molecule has 1 fully saturated rings. The Balaban J connectivity index is 1.66. The summed E-state index contributed by atoms with van der Waals surface area (Å²) in [5.41, 5.74) is 0.955. The topological polar surface area (TPSA) is 96.9 Å². The molecular weight excluding hydrogens is 406 g/mol. The van der Waals surface area contributed by atoms with Crippen LogP contribution in [0.4, 0.5) is 5.69 Å². The second kappa shape index (κ2) is 6.98. The van der Waals surface area contributed by atoms with Crippen molar-refractivity contribution < 1.29 is 22.7 Å². The number of imide groups is 1. The fraction of sp³-hybridized carbons (Fsp3) is 0.190. The Morgan fingerprint density at radius 2 is 1.83 bits per heavy atom. The average Bonchev–Trinajstić information content (AvgIpc) is 3.08. The van der Waals surface area contributed by atoms with Gasteiger partial charge in [-0.3, -0.25) is 14.6 Å². The van der Waals surface area contributed by atoms with Gasteiger partial charge in [0.2, 0.25) is 10.0 Å². The van der Waals surface area contributed by atoms with E-state index in [9.17, 15) is 18.0 Å². The molecule has 9 heteroatoms. The molecule has 152 valence electrons. The van der Waals surface area contributed by atoms with E-state index in [1.807, 2.05) is 0 Å². The molecule has 3 aromatic rings. The molecule has 0 N–H and O–H groups in total. The van der Waals surface area contributed by atoms with Gasteiger partial charge in [-0.15, -0.1) is 0 Å². The molecule has 0 spiro atoms. The number of aromatic nitrogens is 1. The predicted octanol–water partition coefficient (Wildman–Crippen LogP) is 2.06. The Kier molecular flexibility index (Phi) is 4.39. The Labute approximate surface area is 172 Å². The van der Waals surface area contributed by atoms with Crippen LogP contribution >= 0.6 is 0 Å². The Hall–Kier alpha value is -3.14. The Morgan fingerprint density at radius 1 is 1.03 bits per heavy atom. The van der Waals surface area contributed by atoms with Gasteiger partial charge in [-0.1, -0.05) is 12.1 Å². The monoisotopic (exact) mass is 423 g/mol. The smallest absolute Gasteiger partial charge is 0.266 e. The van der Waals surface area contributed by atoms with Gasteiger partial charge in [0.1, 0.15) is 0 Å². The maximum atomic E-state index is 13.3. The summed E-state index contributed by atoms with van der Waals surface area (Å²) in [4.78, 5) is 31.2. The van der Waals surface area contributed by atoms with Gasteiger partial charge in [-0.25, -0.2) is 13.3 Å². The van der Waals surface area contributed by atoms with E-state index in [2.05, 4.69) is 4.98 Å². The highest BCUT2D eigenvalue weighted by molar-refractivity contribution is 7.89. The van der Waals surface area contributed by atoms with Crippen molar-refractivity contribution >= 4 is 38.3 Å². The molecule has 0 saturated carbocycles. The van der Waals surface area contributed by atoms with E-state index in [4.69, 9.17) is 4.74 Å². The highest BCUT2D eigenvalue weighted by atomic mass is 32.2. The summed E-state index contributed by atoms with van der Waals surface area (Å²) in [6, 6.07) is 11.1. The SMILES string of the molecule is O=C(c1cccnc1)N1C(=O)c2cccc3c(S(=O)(=O)N4CCOCC4)ccc1c23. The van der Waals surface area contributed by atoms with Gasteiger partial charge in [0, 0.05) is 36.3 Å². The lowest BCUT2D eigenvalue weighted by molar-refractivity contribution is 0.0730. The lowest BCUT2D eigenvalue weighted by atomic mass is 10.1. The summed E-state index contributed by atoms with van der Waals surface area (Å²) in [5, 5.41) is 0.889. The first-order valence-corrected chi connectivity index (χ1v) is 10.9. The number of carbonyl (C=O) groups is 2. The largest absolute Gasteiger partial charge is 0.379 e. The maximum absolute atomic E-state index is 13.3. The minimum absolute atomic E-state index is 0.119. The number of morpholine rings is 1. The number of anilines is 1. The van der Waals surface area contributed by atoms with Gasteiger partial charge in [-0.05, 0) is 30.3 Å². The molecule has 8 nitrogen and oxygen atoms in total. The number of carbonyl (C=O) groups excluding carboxylic acids is 2. The highest BCUT2D eigenvalue weighted by Crippen LogP contribution is 2.41. The van der Waals surface area contributed by atoms with Gasteiger partial charge in [0.05, 0.1) is 34.9 Å². The molecule has 2 aromatic carbocycles. The quantitative estimate of drug-likeness (QED) is 0.598. The Morgan fingerprint density at radius 3 is 2.57 bits per heavy atom. The van der Waals surface area contributed by atoms with Crippen LogP contribution < -0.4 is 4.90 Å². The van der Waals surface area contributed by atoms with Gasteiger partial charge >= 0.3 is 0 Å². The van der Waals surface area contributed by atoms with E-state index < -0.39 is 21.8 Å². The van der Waals surface area contributed by atoms with Crippen LogP contribution in [-0.2, 0) is 14.8 Å². The fourth-order valence-electron chi connectivity index (χ4n) is 3.93. The minimum Gasteiger partial charge on any atom is -0.379 e. The van der Waals surface area contributed by atoms with E-state index in [1.165, 1.54) is 22.6 Å². The van der Waals surface area contributed by atoms with E-state index >= 15 is 0 Å². The molecule has 1 aromatic heterocycles. The van der Waals surface area contributed by atoms with E-state index in [0.29, 0.717) is 35.2 Å². The number of nitrogens with zero attached hydrogens (tertiary/aromatic N) is 3. The number of hydrogen-bond acceptors (Lipinski definition) is 6. The minimum atomic E-state index is -3.77. The van der Waals surface area contributed by atoms with E-state index in [0.717, 1.165) is 4.90 Å². The first kappa shape index (κ1) is 18.9. The van der Waals surface area contributed by atoms with Crippen molar-refractivity contribution in [3.63, 3.8) is 0 Å². The summed E-state index contributed by atoms with van der Waals surface area (Å²) in [5.74, 6) is -0.986. The number of benzene rings is 2. The maximum Gasteiger partial charge on any atom is 0.266 e. The lowest BCUT2D eigenvalue weighted by Gasteiger charge is -2.26. The Bertz CT molecular complexity index is 1280. The second-order valence-electron chi connectivity index (χ2n) is 7.01. The standard InChI is InChI=1S/C21H17N3O5S/c25-20(14-3-2-8-22-13-14)24-17-6-7-18(30(27,28)23-9-11-29-12-10-23)15-4-1-5-16(19(15)17)21(24)26/h1-8,13H,9-12H2. The zero-order valence-electron chi connectivity index (χ0n) is 15.8. The van der Waals surface area contributed by atoms with E-state index in [-0.39, 0.29) is 23.5 Å². The van der Waals surface area contributed by atoms with Crippen molar-refractivity contribution in [2.24, 2.45) is 0 Å². The number of hydrogen-bond donors (Lipinski definition) is 0. The molecule has 0 radical (unpaired) electrons. The summed E-state index contributed by atoms with van der Waals surface area (Å²) in [6.07, 6.45) is 2.94. The van der Waals surface area contributed by atoms with E-state index in [1.54, 1.807) is 36.5 Å². The van der Waals surface area contributed by atoms with Crippen LogP contribution in [0.1, 0.15) is 20.7 Å². The third-order valence-corrected chi connectivity index (χ3v) is 7.31. The van der Waals surface area contributed by atoms with Crippen LogP contribution in [0.5, 0.6) is 0 Å². The molecule has 0 bridgehead atoms. The molecule has 2 aliphatic heterocycles. The second-order valence-corrected chi connectivity index (χ2v) is 8.92. The summed E-state index contributed by atoms with van der Waals surface area (Å²) >= 11 is 0. The zero-order valence-corrected chi connectivity index (χ0v) is 16.6. The van der Waals surface area contributed by atoms with Crippen molar-refractivity contribution in [1.29, 1.82) is 0 Å². The third-order valence-electron chi connectivity index (χ3n) is 5.35. The summed E-state index contributed by atoms with van der Waals surface area (Å²) in [6.45, 7) is 1.23. The molecule has 0 unspecified atom stereocenters. The van der Waals surface area contributed by atoms with Gasteiger partial charge in [0.15, 0.2) is 0 Å². The molecule has 3 heterocycles. The van der Waals surface area contributed by atoms with Crippen molar-refractivity contribution in [3.05, 3.63) is 66.0 Å². The highest BCUT2D eigenvalue weighted by Gasteiger charge is 2.37. The first-order chi connectivity index (χ1) is 14.5. The van der Waals surface area contributed by atoms with Crippen molar-refractivity contribution in [1.82, 2.24) is 9.29 Å². The van der Waals surface area contributed by atoms with Crippen molar-refractivity contribution in [2.75, 3.05) is 31.2 Å². The third kappa shape index (κ3) is 2.74. The predicted molar refractivity (Wildman–Crippen MR) is 109 cm³/mol. The normalized spacial score (nSPS) is 16.9. The van der Waals surface area contributed by atoms with Crippen LogP contribution in [0.3, 0.4) is 0 Å². The molecule has 30 heavy (non-hydrogen) atoms. The van der Waals surface area contributed by atoms with Crippen molar-refractivity contribution in [3.8, 4) is 0 Å². The molecule has 0 aliphatic carbocycles. The molecule has 2 aliphatic rings. The molecule has 2 amide bonds. The van der Waals surface area contributed by atoms with Gasteiger partial charge < -0.3 is 4.74 Å². The zero-order chi connectivity index (χ0) is 20.9. The average molecular weight is 423 g/mol. The van der Waals surface area contributed by atoms with Crippen LogP contribution in [-0.4, -0.2) is 55.8 Å². The summed E-state index contributed by atoms with van der Waals surface area (Å²) in [7, 11) is -3.77. The van der Waals surface area contributed by atoms with Crippen LogP contribution in [0, 0.1) is 0 Å². The molecule has 0 atom stereocenters. The molecular formula is C21H17N3O5S. The molecule has 1 saturated heterocycles. The lowest BCUT2D eigenvalue weighted by Crippen LogP contribution is -2.40. The number of rotatable bonds is 3. The fourth-order valence-corrected chi connectivity index (χ4v) is 5.52. The summed E-state index contributed by atoms with van der Waals surface area (Å²) < 4.78 is 33.2. The van der Waals surface area contributed by atoms with Crippen LogP contribution in [0.2, 0.25) is 0 Å². The number of amides is 2. The van der Waals surface area contributed by atoms with Crippen LogP contribution in [0.25, 0.3) is 10.8 Å². The number of pyridine rings is 1. The van der Waals surface area contributed by atoms with Gasteiger partial charge in [0.25, 0.3) is 11.8 Å². The number of sulfonamides is 1. The van der Waals surface area contributed by atoms with Crippen LogP contribution in [0.15, 0.2) is 59.8 Å². The number of ether oxygens (including phenoxy) is 1. The van der Waals surface area contributed by atoms with Crippen molar-refractivity contribution in [2.45, 2.75) is 4.90 Å².